The fourth-order valence-electron chi connectivity index (χ4n) is 1.93. The Balaban J connectivity index is 5.01. The zero-order valence-electron chi connectivity index (χ0n) is 13.7. The first-order valence-electron chi connectivity index (χ1n) is 7.15. The Morgan fingerprint density at radius 1 is 0.792 bits per heavy atom. The second-order valence-electron chi connectivity index (χ2n) is 5.38. The summed E-state index contributed by atoms with van der Waals surface area (Å²) in [4.78, 5) is 46.9. The van der Waals surface area contributed by atoms with Crippen molar-refractivity contribution >= 4 is 47.0 Å². The molecule has 2 unspecified atom stereocenters. The van der Waals surface area contributed by atoms with Gasteiger partial charge in [-0.3, -0.25) is 9.59 Å². The fourth-order valence-corrected chi connectivity index (χ4v) is 2.98. The lowest BCUT2D eigenvalue weighted by Gasteiger charge is -2.25. The molecule has 8 nitrogen and oxygen atoms in total. The number of Topliss-reactive ketones (excluding diaryl/α,β-unsaturated/α-hetero) is 2. The van der Waals surface area contributed by atoms with Crippen molar-refractivity contribution < 1.29 is 29.4 Å². The third kappa shape index (κ3) is 5.76. The molecule has 0 saturated heterocycles. The highest BCUT2D eigenvalue weighted by Gasteiger charge is 2.44. The Morgan fingerprint density at radius 2 is 1.08 bits per heavy atom. The van der Waals surface area contributed by atoms with Gasteiger partial charge in [0.2, 0.25) is 0 Å². The van der Waals surface area contributed by atoms with E-state index in [-0.39, 0.29) is 12.8 Å². The van der Waals surface area contributed by atoms with E-state index in [1.165, 1.54) is 23.5 Å². The van der Waals surface area contributed by atoms with Gasteiger partial charge in [-0.25, -0.2) is 9.59 Å². The summed E-state index contributed by atoms with van der Waals surface area (Å²) in [5, 5.41) is 18.4. The molecule has 24 heavy (non-hydrogen) atoms. The van der Waals surface area contributed by atoms with E-state index in [2.05, 4.69) is 0 Å². The van der Waals surface area contributed by atoms with Crippen molar-refractivity contribution in [3.8, 4) is 0 Å². The highest BCUT2D eigenvalue weighted by Crippen LogP contribution is 2.19. The lowest BCUT2D eigenvalue weighted by atomic mass is 9.85. The van der Waals surface area contributed by atoms with Gasteiger partial charge in [0.1, 0.15) is 0 Å². The van der Waals surface area contributed by atoms with Crippen LogP contribution in [0.2, 0.25) is 0 Å². The van der Waals surface area contributed by atoms with E-state index >= 15 is 0 Å². The minimum atomic E-state index is -2.08. The SMILES string of the molecule is CSCCC(N)(C(=O)O)C(=O)CCC(=O)C(N)(CCSC)C(=O)O. The highest BCUT2D eigenvalue weighted by molar-refractivity contribution is 7.98. The number of aliphatic carboxylic acids is 2. The Hall–Kier alpha value is -1.10. The van der Waals surface area contributed by atoms with Crippen molar-refractivity contribution in [3.63, 3.8) is 0 Å². The van der Waals surface area contributed by atoms with Crippen LogP contribution in [0.15, 0.2) is 0 Å². The molecule has 0 aromatic heterocycles. The topological polar surface area (TPSA) is 161 Å². The molecule has 0 saturated carbocycles. The summed E-state index contributed by atoms with van der Waals surface area (Å²) in [6.07, 6.45) is 2.43. The number of carbonyl (C=O) groups is 4. The number of carboxylic acids is 2. The molecule has 0 fully saturated rings. The smallest absolute Gasteiger partial charge is 0.331 e. The van der Waals surface area contributed by atoms with Gasteiger partial charge in [-0.1, -0.05) is 0 Å². The van der Waals surface area contributed by atoms with Crippen LogP contribution in [0.3, 0.4) is 0 Å². The number of carboxylic acid groups (broad SMARTS) is 2. The normalized spacial score (nSPS) is 16.0. The van der Waals surface area contributed by atoms with Crippen LogP contribution in [0.1, 0.15) is 25.7 Å². The highest BCUT2D eigenvalue weighted by atomic mass is 32.2. The monoisotopic (exact) mass is 380 g/mol. The second-order valence-corrected chi connectivity index (χ2v) is 7.36. The first-order chi connectivity index (χ1) is 11.1. The lowest BCUT2D eigenvalue weighted by Crippen LogP contribution is -2.57. The molecule has 0 spiro atoms. The Labute approximate surface area is 149 Å². The standard InChI is InChI=1S/C14H24N2O6S2/c1-23-7-5-13(15,11(19)20)9(17)3-4-10(18)14(16,12(21)22)6-8-24-2/h3-8,15-16H2,1-2H3,(H,19,20)(H,21,22). The molecule has 0 heterocycles. The minimum Gasteiger partial charge on any atom is -0.480 e. The molecule has 0 rings (SSSR count). The first kappa shape index (κ1) is 22.9. The van der Waals surface area contributed by atoms with E-state index in [0.29, 0.717) is 11.5 Å². The van der Waals surface area contributed by atoms with E-state index in [1.54, 1.807) is 12.5 Å². The molecule has 2 atom stereocenters. The van der Waals surface area contributed by atoms with Gasteiger partial charge >= 0.3 is 11.9 Å². The van der Waals surface area contributed by atoms with Crippen LogP contribution in [-0.2, 0) is 19.2 Å². The number of nitrogens with two attached hydrogens (primary N) is 2. The summed E-state index contributed by atoms with van der Waals surface area (Å²) in [7, 11) is 0. The molecular formula is C14H24N2O6S2. The number of hydrogen-bond acceptors (Lipinski definition) is 8. The maximum Gasteiger partial charge on any atom is 0.331 e. The fraction of sp³-hybridized carbons (Fsp3) is 0.714. The number of rotatable bonds is 13. The molecule has 0 aromatic carbocycles. The maximum absolute atomic E-state index is 12.2. The number of thioether (sulfide) groups is 2. The molecular weight excluding hydrogens is 356 g/mol. The summed E-state index contributed by atoms with van der Waals surface area (Å²) in [6, 6.07) is 0. The Bertz CT molecular complexity index is 458. The van der Waals surface area contributed by atoms with Crippen molar-refractivity contribution in [2.24, 2.45) is 11.5 Å². The van der Waals surface area contributed by atoms with Crippen LogP contribution in [0.5, 0.6) is 0 Å². The zero-order valence-corrected chi connectivity index (χ0v) is 15.4. The van der Waals surface area contributed by atoms with Crippen molar-refractivity contribution in [2.45, 2.75) is 36.8 Å². The summed E-state index contributed by atoms with van der Waals surface area (Å²) in [6.45, 7) is 0. The average molecular weight is 380 g/mol. The lowest BCUT2D eigenvalue weighted by molar-refractivity contribution is -0.151. The van der Waals surface area contributed by atoms with Gasteiger partial charge in [0.25, 0.3) is 0 Å². The van der Waals surface area contributed by atoms with Gasteiger partial charge in [-0.15, -0.1) is 0 Å². The number of ketones is 2. The molecule has 0 aliphatic carbocycles. The second kappa shape index (κ2) is 10.0. The van der Waals surface area contributed by atoms with Gasteiger partial charge in [-0.05, 0) is 36.9 Å². The maximum atomic E-state index is 12.2. The summed E-state index contributed by atoms with van der Waals surface area (Å²) in [5.74, 6) is -3.81. The molecule has 138 valence electrons. The zero-order chi connectivity index (χ0) is 19.0. The van der Waals surface area contributed by atoms with Crippen molar-refractivity contribution in [3.05, 3.63) is 0 Å². The third-order valence-corrected chi connectivity index (χ3v) is 4.96. The molecule has 10 heteroatoms. The molecule has 0 aromatic rings. The summed E-state index contributed by atoms with van der Waals surface area (Å²) in [5.41, 5.74) is 7.20. The molecule has 0 aliphatic heterocycles. The van der Waals surface area contributed by atoms with Crippen molar-refractivity contribution in [2.75, 3.05) is 24.0 Å². The predicted molar refractivity (Wildman–Crippen MR) is 94.4 cm³/mol. The van der Waals surface area contributed by atoms with Gasteiger partial charge in [-0.2, -0.15) is 23.5 Å². The number of carbonyl (C=O) groups excluding carboxylic acids is 2. The quantitative estimate of drug-likeness (QED) is 0.319. The minimum absolute atomic E-state index is 0.0737. The largest absolute Gasteiger partial charge is 0.480 e. The summed E-state index contributed by atoms with van der Waals surface area (Å²) >= 11 is 2.68. The van der Waals surface area contributed by atoms with E-state index in [4.69, 9.17) is 11.5 Å². The van der Waals surface area contributed by atoms with Crippen LogP contribution < -0.4 is 11.5 Å². The molecule has 6 N–H and O–H groups in total. The first-order valence-corrected chi connectivity index (χ1v) is 9.94. The van der Waals surface area contributed by atoms with Crippen LogP contribution in [-0.4, -0.2) is 68.8 Å². The van der Waals surface area contributed by atoms with Crippen LogP contribution in [0.25, 0.3) is 0 Å². The van der Waals surface area contributed by atoms with Crippen LogP contribution in [0, 0.1) is 0 Å². The molecule has 0 bridgehead atoms. The Morgan fingerprint density at radius 3 is 1.29 bits per heavy atom. The number of hydrogen-bond donors (Lipinski definition) is 4. The molecule has 0 amide bonds. The average Bonchev–Trinajstić information content (AvgIpc) is 2.54. The molecule has 0 aliphatic rings. The van der Waals surface area contributed by atoms with E-state index < -0.39 is 47.4 Å². The van der Waals surface area contributed by atoms with E-state index in [0.717, 1.165) is 0 Å². The van der Waals surface area contributed by atoms with E-state index in [1.807, 2.05) is 0 Å². The third-order valence-electron chi connectivity index (χ3n) is 3.74. The van der Waals surface area contributed by atoms with Gasteiger partial charge in [0.05, 0.1) is 0 Å². The van der Waals surface area contributed by atoms with Gasteiger partial charge in [0.15, 0.2) is 22.6 Å². The summed E-state index contributed by atoms with van der Waals surface area (Å²) < 4.78 is 0. The van der Waals surface area contributed by atoms with Crippen molar-refractivity contribution in [1.82, 2.24) is 0 Å². The van der Waals surface area contributed by atoms with Crippen molar-refractivity contribution in [1.29, 1.82) is 0 Å². The van der Waals surface area contributed by atoms with Crippen LogP contribution in [0.4, 0.5) is 0 Å². The molecule has 0 radical (unpaired) electrons. The van der Waals surface area contributed by atoms with Crippen LogP contribution >= 0.6 is 23.5 Å². The predicted octanol–water partition coefficient (Wildman–Crippen LogP) is -0.0248. The van der Waals surface area contributed by atoms with Gasteiger partial charge < -0.3 is 21.7 Å². The van der Waals surface area contributed by atoms with Gasteiger partial charge in [0, 0.05) is 12.8 Å². The van der Waals surface area contributed by atoms with E-state index in [9.17, 15) is 29.4 Å². The Kier molecular flexibility index (Phi) is 9.56.